The standard InChI is InChI=1S/C13H12ClNO6S2/c1-8-2-4-9(5-3-8)21-11-6-10(14)12(23(18,19)20)7-13(11)22(15,16)17/h2-7H,1H3,(H2,15,16,17)(H,18,19,20)/p-1. The van der Waals surface area contributed by atoms with E-state index >= 15 is 0 Å². The maximum atomic E-state index is 11.6. The Bertz CT molecular complexity index is 953. The van der Waals surface area contributed by atoms with Crippen LogP contribution in [0, 0.1) is 6.92 Å². The van der Waals surface area contributed by atoms with Gasteiger partial charge in [0.1, 0.15) is 26.5 Å². The number of aryl methyl sites for hydroxylation is 1. The average molecular weight is 377 g/mol. The monoisotopic (exact) mass is 376 g/mol. The second kappa shape index (κ2) is 6.10. The molecule has 0 spiro atoms. The number of hydrogen-bond donors (Lipinski definition) is 1. The number of ether oxygens (including phenoxy) is 1. The molecule has 0 saturated heterocycles. The van der Waals surface area contributed by atoms with Gasteiger partial charge in [-0.25, -0.2) is 22.0 Å². The van der Waals surface area contributed by atoms with Gasteiger partial charge in [-0.2, -0.15) is 0 Å². The van der Waals surface area contributed by atoms with E-state index < -0.39 is 35.0 Å². The first-order chi connectivity index (χ1) is 10.5. The van der Waals surface area contributed by atoms with Crippen LogP contribution in [0.25, 0.3) is 0 Å². The predicted octanol–water partition coefficient (Wildman–Crippen LogP) is 1.99. The van der Waals surface area contributed by atoms with Crippen molar-refractivity contribution in [3.8, 4) is 11.5 Å². The van der Waals surface area contributed by atoms with Crippen LogP contribution in [0.1, 0.15) is 5.56 Å². The predicted molar refractivity (Wildman–Crippen MR) is 82.0 cm³/mol. The van der Waals surface area contributed by atoms with Crippen molar-refractivity contribution in [1.82, 2.24) is 0 Å². The highest BCUT2D eigenvalue weighted by Crippen LogP contribution is 2.35. The molecule has 2 aromatic carbocycles. The van der Waals surface area contributed by atoms with Crippen LogP contribution in [0.4, 0.5) is 0 Å². The zero-order chi connectivity index (χ0) is 17.4. The summed E-state index contributed by atoms with van der Waals surface area (Å²) in [5.74, 6) is 0.00282. The highest BCUT2D eigenvalue weighted by Gasteiger charge is 2.21. The number of halogens is 1. The Labute approximate surface area is 138 Å². The van der Waals surface area contributed by atoms with Gasteiger partial charge in [-0.05, 0) is 25.1 Å². The lowest BCUT2D eigenvalue weighted by Crippen LogP contribution is -2.14. The average Bonchev–Trinajstić information content (AvgIpc) is 2.38. The lowest BCUT2D eigenvalue weighted by molar-refractivity contribution is 0.458. The van der Waals surface area contributed by atoms with Crippen molar-refractivity contribution in [2.75, 3.05) is 0 Å². The van der Waals surface area contributed by atoms with Crippen molar-refractivity contribution < 1.29 is 26.1 Å². The molecule has 0 aliphatic heterocycles. The van der Waals surface area contributed by atoms with Crippen LogP contribution >= 0.6 is 11.6 Å². The molecule has 23 heavy (non-hydrogen) atoms. The van der Waals surface area contributed by atoms with Gasteiger partial charge >= 0.3 is 0 Å². The van der Waals surface area contributed by atoms with Crippen LogP contribution in [0.2, 0.25) is 5.02 Å². The number of rotatable bonds is 4. The van der Waals surface area contributed by atoms with Crippen molar-refractivity contribution >= 4 is 31.7 Å². The maximum Gasteiger partial charge on any atom is 0.241 e. The van der Waals surface area contributed by atoms with E-state index in [4.69, 9.17) is 21.5 Å². The van der Waals surface area contributed by atoms with Crippen LogP contribution in [0.5, 0.6) is 11.5 Å². The zero-order valence-electron chi connectivity index (χ0n) is 11.7. The molecule has 0 radical (unpaired) electrons. The summed E-state index contributed by atoms with van der Waals surface area (Å²) in [6, 6.07) is 8.12. The topological polar surface area (TPSA) is 127 Å². The van der Waals surface area contributed by atoms with Crippen LogP contribution in [0.15, 0.2) is 46.2 Å². The maximum absolute atomic E-state index is 11.6. The number of hydrogen-bond acceptors (Lipinski definition) is 6. The second-order valence-electron chi connectivity index (χ2n) is 4.64. The summed E-state index contributed by atoms with van der Waals surface area (Å²) in [7, 11) is -9.32. The molecular weight excluding hydrogens is 366 g/mol. The molecule has 0 bridgehead atoms. The smallest absolute Gasteiger partial charge is 0.241 e. The van der Waals surface area contributed by atoms with Crippen molar-refractivity contribution in [2.24, 2.45) is 5.14 Å². The Morgan fingerprint density at radius 3 is 2.09 bits per heavy atom. The highest BCUT2D eigenvalue weighted by molar-refractivity contribution is 7.89. The van der Waals surface area contributed by atoms with Crippen LogP contribution in [-0.2, 0) is 20.1 Å². The molecule has 0 fully saturated rings. The summed E-state index contributed by atoms with van der Waals surface area (Å²) in [5, 5.41) is 4.59. The van der Waals surface area contributed by atoms with Crippen molar-refractivity contribution in [1.29, 1.82) is 0 Å². The third-order valence-corrected chi connectivity index (χ3v) is 5.06. The van der Waals surface area contributed by atoms with Crippen LogP contribution < -0.4 is 9.88 Å². The first-order valence-electron chi connectivity index (χ1n) is 6.05. The summed E-state index contributed by atoms with van der Waals surface area (Å²) in [5.41, 5.74) is 0.954. The van der Waals surface area contributed by atoms with Crippen LogP contribution in [0.3, 0.4) is 0 Å². The van der Waals surface area contributed by atoms with E-state index in [0.29, 0.717) is 6.07 Å². The van der Waals surface area contributed by atoms with Gasteiger partial charge in [-0.3, -0.25) is 0 Å². The molecule has 0 unspecified atom stereocenters. The van der Waals surface area contributed by atoms with Gasteiger partial charge in [-0.1, -0.05) is 29.3 Å². The summed E-state index contributed by atoms with van der Waals surface area (Å²) < 4.78 is 62.1. The van der Waals surface area contributed by atoms with Gasteiger partial charge in [0, 0.05) is 6.07 Å². The number of primary sulfonamides is 1. The zero-order valence-corrected chi connectivity index (χ0v) is 14.1. The van der Waals surface area contributed by atoms with Gasteiger partial charge in [-0.15, -0.1) is 0 Å². The van der Waals surface area contributed by atoms with E-state index in [-0.39, 0.29) is 11.5 Å². The molecule has 0 saturated carbocycles. The Morgan fingerprint density at radius 1 is 1.04 bits per heavy atom. The fourth-order valence-electron chi connectivity index (χ4n) is 1.74. The van der Waals surface area contributed by atoms with E-state index in [1.54, 1.807) is 24.3 Å². The molecule has 0 amide bonds. The first kappa shape index (κ1) is 17.7. The third-order valence-electron chi connectivity index (χ3n) is 2.82. The number of benzene rings is 2. The minimum absolute atomic E-state index is 0.284. The normalized spacial score (nSPS) is 12.2. The second-order valence-corrected chi connectivity index (χ2v) is 7.93. The molecular formula is C13H11ClNO6S2-. The Hall–Kier alpha value is -1.65. The molecule has 0 aliphatic rings. The largest absolute Gasteiger partial charge is 0.744 e. The van der Waals surface area contributed by atoms with Gasteiger partial charge < -0.3 is 9.29 Å². The van der Waals surface area contributed by atoms with Crippen molar-refractivity contribution in [2.45, 2.75) is 16.7 Å². The van der Waals surface area contributed by atoms with E-state index in [9.17, 15) is 21.4 Å². The fourth-order valence-corrected chi connectivity index (χ4v) is 3.48. The van der Waals surface area contributed by atoms with E-state index in [0.717, 1.165) is 11.6 Å². The minimum Gasteiger partial charge on any atom is -0.744 e. The van der Waals surface area contributed by atoms with E-state index in [1.807, 2.05) is 6.92 Å². The molecule has 2 N–H and O–H groups in total. The van der Waals surface area contributed by atoms with E-state index in [2.05, 4.69) is 0 Å². The lowest BCUT2D eigenvalue weighted by atomic mass is 10.2. The van der Waals surface area contributed by atoms with Gasteiger partial charge in [0.2, 0.25) is 10.0 Å². The lowest BCUT2D eigenvalue weighted by Gasteiger charge is -2.15. The van der Waals surface area contributed by atoms with Crippen LogP contribution in [-0.4, -0.2) is 21.4 Å². The Kier molecular flexibility index (Phi) is 4.69. The molecule has 2 rings (SSSR count). The molecule has 0 aliphatic carbocycles. The Balaban J connectivity index is 2.63. The summed E-state index contributed by atoms with van der Waals surface area (Å²) in [6.45, 7) is 1.85. The SMILES string of the molecule is Cc1ccc(Oc2cc(Cl)c(S(=O)(=O)[O-])cc2S(N)(=O)=O)cc1. The minimum atomic E-state index is -4.97. The molecule has 7 nitrogen and oxygen atoms in total. The third kappa shape index (κ3) is 4.21. The van der Waals surface area contributed by atoms with Crippen molar-refractivity contribution in [3.63, 3.8) is 0 Å². The van der Waals surface area contributed by atoms with E-state index in [1.165, 1.54) is 0 Å². The Morgan fingerprint density at radius 2 is 1.61 bits per heavy atom. The number of sulfonamides is 1. The van der Waals surface area contributed by atoms with Gasteiger partial charge in [0.25, 0.3) is 0 Å². The first-order valence-corrected chi connectivity index (χ1v) is 9.38. The van der Waals surface area contributed by atoms with Crippen molar-refractivity contribution in [3.05, 3.63) is 47.0 Å². The van der Waals surface area contributed by atoms with Gasteiger partial charge in [0.15, 0.2) is 0 Å². The molecule has 2 aromatic rings. The molecule has 10 heteroatoms. The summed E-state index contributed by atoms with van der Waals surface area (Å²) in [6.07, 6.45) is 0. The number of nitrogens with two attached hydrogens (primary N) is 1. The molecule has 124 valence electrons. The summed E-state index contributed by atoms with van der Waals surface area (Å²) in [4.78, 5) is -1.55. The van der Waals surface area contributed by atoms with Gasteiger partial charge in [0.05, 0.1) is 9.92 Å². The molecule has 0 atom stereocenters. The molecule has 0 heterocycles. The highest BCUT2D eigenvalue weighted by atomic mass is 35.5. The molecule has 0 aromatic heterocycles. The summed E-state index contributed by atoms with van der Waals surface area (Å²) >= 11 is 5.73. The fraction of sp³-hybridized carbons (Fsp3) is 0.0769. The quantitative estimate of drug-likeness (QED) is 0.813.